The number of ether oxygens (including phenoxy) is 1. The Kier molecular flexibility index (Phi) is 5.54. The Balaban J connectivity index is 1.64. The summed E-state index contributed by atoms with van der Waals surface area (Å²) in [4.78, 5) is 4.31. The molecule has 2 aromatic rings. The SMILES string of the molecule is Nc1ccc(OCCCSc2ccc(Br)cn2)cc1. The third kappa shape index (κ3) is 5.12. The van der Waals surface area contributed by atoms with Crippen molar-refractivity contribution in [1.82, 2.24) is 4.98 Å². The molecular weight excluding hydrogens is 324 g/mol. The maximum absolute atomic E-state index is 5.62. The average molecular weight is 339 g/mol. The van der Waals surface area contributed by atoms with E-state index in [0.717, 1.165) is 33.1 Å². The van der Waals surface area contributed by atoms with Crippen LogP contribution in [0.3, 0.4) is 0 Å². The van der Waals surface area contributed by atoms with Gasteiger partial charge in [-0.15, -0.1) is 11.8 Å². The molecule has 1 aromatic heterocycles. The lowest BCUT2D eigenvalue weighted by molar-refractivity contribution is 0.319. The van der Waals surface area contributed by atoms with Crippen LogP contribution >= 0.6 is 27.7 Å². The smallest absolute Gasteiger partial charge is 0.119 e. The molecule has 0 atom stereocenters. The molecule has 0 aliphatic heterocycles. The second kappa shape index (κ2) is 7.40. The van der Waals surface area contributed by atoms with Gasteiger partial charge in [0.1, 0.15) is 5.75 Å². The first-order valence-electron chi connectivity index (χ1n) is 5.97. The van der Waals surface area contributed by atoms with Gasteiger partial charge in [0.25, 0.3) is 0 Å². The van der Waals surface area contributed by atoms with Crippen LogP contribution in [0.2, 0.25) is 0 Å². The molecule has 1 aromatic carbocycles. The van der Waals surface area contributed by atoms with Gasteiger partial charge >= 0.3 is 0 Å². The number of nitrogens with two attached hydrogens (primary N) is 1. The van der Waals surface area contributed by atoms with Crippen LogP contribution in [0.15, 0.2) is 52.1 Å². The summed E-state index contributed by atoms with van der Waals surface area (Å²) in [5, 5.41) is 1.04. The van der Waals surface area contributed by atoms with E-state index in [-0.39, 0.29) is 0 Å². The van der Waals surface area contributed by atoms with E-state index in [1.165, 1.54) is 0 Å². The van der Waals surface area contributed by atoms with Crippen LogP contribution < -0.4 is 10.5 Å². The van der Waals surface area contributed by atoms with Crippen LogP contribution in [-0.2, 0) is 0 Å². The number of rotatable bonds is 6. The molecule has 0 amide bonds. The molecule has 0 spiro atoms. The average Bonchev–Trinajstić information content (AvgIpc) is 2.43. The zero-order chi connectivity index (χ0) is 13.5. The second-order valence-electron chi connectivity index (χ2n) is 3.93. The predicted octanol–water partition coefficient (Wildman–Crippen LogP) is 3.99. The molecule has 19 heavy (non-hydrogen) atoms. The normalized spacial score (nSPS) is 10.4. The number of nitrogen functional groups attached to an aromatic ring is 1. The zero-order valence-electron chi connectivity index (χ0n) is 10.4. The number of anilines is 1. The Bertz CT molecular complexity index is 454. The number of benzene rings is 1. The molecule has 1 heterocycles. The molecule has 0 radical (unpaired) electrons. The van der Waals surface area contributed by atoms with Gasteiger partial charge < -0.3 is 10.5 Å². The third-order valence-corrected chi connectivity index (χ3v) is 3.89. The lowest BCUT2D eigenvalue weighted by Gasteiger charge is -2.06. The Morgan fingerprint density at radius 2 is 1.95 bits per heavy atom. The maximum atomic E-state index is 5.62. The summed E-state index contributed by atoms with van der Waals surface area (Å²) in [7, 11) is 0. The summed E-state index contributed by atoms with van der Waals surface area (Å²) >= 11 is 5.10. The van der Waals surface area contributed by atoms with Crippen LogP contribution in [-0.4, -0.2) is 17.3 Å². The van der Waals surface area contributed by atoms with Gasteiger partial charge in [-0.05, 0) is 58.7 Å². The quantitative estimate of drug-likeness (QED) is 0.491. The van der Waals surface area contributed by atoms with E-state index in [1.807, 2.05) is 42.6 Å². The molecule has 0 fully saturated rings. The van der Waals surface area contributed by atoms with Crippen molar-refractivity contribution in [2.75, 3.05) is 18.1 Å². The van der Waals surface area contributed by atoms with Crippen LogP contribution in [0.4, 0.5) is 5.69 Å². The van der Waals surface area contributed by atoms with Crippen molar-refractivity contribution >= 4 is 33.4 Å². The number of thioether (sulfide) groups is 1. The first-order chi connectivity index (χ1) is 9.24. The minimum atomic E-state index is 0.702. The number of hydrogen-bond donors (Lipinski definition) is 1. The second-order valence-corrected chi connectivity index (χ2v) is 5.97. The predicted molar refractivity (Wildman–Crippen MR) is 83.6 cm³/mol. The van der Waals surface area contributed by atoms with Crippen molar-refractivity contribution < 1.29 is 4.74 Å². The van der Waals surface area contributed by atoms with Gasteiger partial charge in [0, 0.05) is 22.1 Å². The fraction of sp³-hybridized carbons (Fsp3) is 0.214. The van der Waals surface area contributed by atoms with E-state index in [0.29, 0.717) is 6.61 Å². The van der Waals surface area contributed by atoms with Crippen molar-refractivity contribution in [3.05, 3.63) is 47.1 Å². The highest BCUT2D eigenvalue weighted by Crippen LogP contribution is 2.18. The number of nitrogens with zero attached hydrogens (tertiary/aromatic N) is 1. The minimum Gasteiger partial charge on any atom is -0.494 e. The van der Waals surface area contributed by atoms with Gasteiger partial charge in [-0.3, -0.25) is 0 Å². The molecule has 100 valence electrons. The summed E-state index contributed by atoms with van der Waals surface area (Å²) < 4.78 is 6.62. The molecule has 0 saturated carbocycles. The molecule has 2 rings (SSSR count). The van der Waals surface area contributed by atoms with Crippen molar-refractivity contribution in [1.29, 1.82) is 0 Å². The van der Waals surface area contributed by atoms with Crippen molar-refractivity contribution in [2.45, 2.75) is 11.4 Å². The van der Waals surface area contributed by atoms with Crippen LogP contribution in [0.25, 0.3) is 0 Å². The zero-order valence-corrected chi connectivity index (χ0v) is 12.8. The standard InChI is InChI=1S/C14H15BrN2OS/c15-11-2-7-14(17-10-11)19-9-1-8-18-13-5-3-12(16)4-6-13/h2-7,10H,1,8-9,16H2. The minimum absolute atomic E-state index is 0.702. The van der Waals surface area contributed by atoms with Gasteiger partial charge in [-0.1, -0.05) is 0 Å². The van der Waals surface area contributed by atoms with E-state index in [4.69, 9.17) is 10.5 Å². The van der Waals surface area contributed by atoms with Gasteiger partial charge in [-0.25, -0.2) is 4.98 Å². The molecular formula is C14H15BrN2OS. The van der Waals surface area contributed by atoms with Crippen molar-refractivity contribution in [3.8, 4) is 5.75 Å². The highest BCUT2D eigenvalue weighted by Gasteiger charge is 1.97. The first kappa shape index (κ1) is 14.2. The summed E-state index contributed by atoms with van der Waals surface area (Å²) in [5.74, 6) is 1.85. The van der Waals surface area contributed by atoms with Crippen molar-refractivity contribution in [2.24, 2.45) is 0 Å². The maximum Gasteiger partial charge on any atom is 0.119 e. The summed E-state index contributed by atoms with van der Waals surface area (Å²) in [6.07, 6.45) is 2.79. The molecule has 0 bridgehead atoms. The number of pyridine rings is 1. The Morgan fingerprint density at radius 3 is 2.63 bits per heavy atom. The topological polar surface area (TPSA) is 48.1 Å². The van der Waals surface area contributed by atoms with Gasteiger partial charge in [0.2, 0.25) is 0 Å². The summed E-state index contributed by atoms with van der Waals surface area (Å²) in [6.45, 7) is 0.702. The van der Waals surface area contributed by atoms with E-state index < -0.39 is 0 Å². The molecule has 5 heteroatoms. The highest BCUT2D eigenvalue weighted by molar-refractivity contribution is 9.10. The fourth-order valence-corrected chi connectivity index (χ4v) is 2.43. The Morgan fingerprint density at radius 1 is 1.16 bits per heavy atom. The third-order valence-electron chi connectivity index (χ3n) is 2.39. The first-order valence-corrected chi connectivity index (χ1v) is 7.74. The summed E-state index contributed by atoms with van der Waals surface area (Å²) in [5.41, 5.74) is 6.36. The van der Waals surface area contributed by atoms with Crippen LogP contribution in [0.1, 0.15) is 6.42 Å². The van der Waals surface area contributed by atoms with Crippen molar-refractivity contribution in [3.63, 3.8) is 0 Å². The monoisotopic (exact) mass is 338 g/mol. The molecule has 2 N–H and O–H groups in total. The lowest BCUT2D eigenvalue weighted by Crippen LogP contribution is -1.99. The molecule has 0 saturated heterocycles. The number of halogens is 1. The van der Waals surface area contributed by atoms with E-state index in [9.17, 15) is 0 Å². The fourth-order valence-electron chi connectivity index (χ4n) is 1.44. The molecule has 0 unspecified atom stereocenters. The number of aromatic nitrogens is 1. The Labute approximate surface area is 125 Å². The van der Waals surface area contributed by atoms with Crippen LogP contribution in [0.5, 0.6) is 5.75 Å². The van der Waals surface area contributed by atoms with E-state index in [2.05, 4.69) is 20.9 Å². The van der Waals surface area contributed by atoms with Crippen LogP contribution in [0, 0.1) is 0 Å². The largest absolute Gasteiger partial charge is 0.494 e. The number of hydrogen-bond acceptors (Lipinski definition) is 4. The molecule has 3 nitrogen and oxygen atoms in total. The summed E-state index contributed by atoms with van der Waals surface area (Å²) in [6, 6.07) is 11.5. The van der Waals surface area contributed by atoms with E-state index >= 15 is 0 Å². The lowest BCUT2D eigenvalue weighted by atomic mass is 10.3. The van der Waals surface area contributed by atoms with Gasteiger partial charge in [0.05, 0.1) is 11.6 Å². The van der Waals surface area contributed by atoms with Gasteiger partial charge in [0.15, 0.2) is 0 Å². The Hall–Kier alpha value is -1.20. The highest BCUT2D eigenvalue weighted by atomic mass is 79.9. The molecule has 0 aliphatic rings. The van der Waals surface area contributed by atoms with E-state index in [1.54, 1.807) is 11.8 Å². The van der Waals surface area contributed by atoms with Gasteiger partial charge in [-0.2, -0.15) is 0 Å². The molecule has 0 aliphatic carbocycles.